The lowest BCUT2D eigenvalue weighted by molar-refractivity contribution is -0.138. The van der Waals surface area contributed by atoms with Gasteiger partial charge in [0.2, 0.25) is 5.89 Å². The normalized spacial score (nSPS) is 11.5. The van der Waals surface area contributed by atoms with Crippen LogP contribution in [0, 0.1) is 0 Å². The van der Waals surface area contributed by atoms with Crippen LogP contribution in [0.2, 0.25) is 0 Å². The van der Waals surface area contributed by atoms with Crippen molar-refractivity contribution in [3.8, 4) is 17.2 Å². The average molecular weight is 433 g/mol. The first-order chi connectivity index (χ1) is 14.8. The molecule has 0 aliphatic heterocycles. The first kappa shape index (κ1) is 22.4. The second-order valence-electron chi connectivity index (χ2n) is 7.00. The molecule has 1 N–H and O–H groups in total. The number of aliphatic carboxylic acids is 1. The summed E-state index contributed by atoms with van der Waals surface area (Å²) in [6.45, 7) is 2.35. The van der Waals surface area contributed by atoms with E-state index in [0.29, 0.717) is 36.5 Å². The van der Waals surface area contributed by atoms with E-state index in [4.69, 9.17) is 14.3 Å². The Balaban J connectivity index is 1.57. The van der Waals surface area contributed by atoms with E-state index in [0.717, 1.165) is 29.7 Å². The molecule has 0 fully saturated rings. The molecule has 8 heteroatoms. The van der Waals surface area contributed by atoms with Gasteiger partial charge in [-0.25, -0.2) is 4.98 Å². The van der Waals surface area contributed by atoms with Gasteiger partial charge in [-0.05, 0) is 60.4 Å². The van der Waals surface area contributed by atoms with E-state index in [9.17, 15) is 18.0 Å². The van der Waals surface area contributed by atoms with Crippen LogP contribution in [0.4, 0.5) is 13.2 Å². The molecule has 0 radical (unpaired) electrons. The summed E-state index contributed by atoms with van der Waals surface area (Å²) in [7, 11) is 0. The van der Waals surface area contributed by atoms with Crippen LogP contribution < -0.4 is 4.74 Å². The molecular formula is C23H22F3NO4. The van der Waals surface area contributed by atoms with E-state index in [2.05, 4.69) is 4.98 Å². The van der Waals surface area contributed by atoms with Gasteiger partial charge in [0, 0.05) is 18.4 Å². The monoisotopic (exact) mass is 433 g/mol. The van der Waals surface area contributed by atoms with Crippen molar-refractivity contribution in [1.29, 1.82) is 0 Å². The number of carboxylic acid groups (broad SMARTS) is 1. The summed E-state index contributed by atoms with van der Waals surface area (Å²) in [5, 5.41) is 8.85. The number of hydrogen-bond donors (Lipinski definition) is 1. The number of oxazole rings is 1. The van der Waals surface area contributed by atoms with Crippen LogP contribution in [0.5, 0.6) is 5.75 Å². The predicted octanol–water partition coefficient (Wildman–Crippen LogP) is 5.56. The predicted molar refractivity (Wildman–Crippen MR) is 108 cm³/mol. The minimum Gasteiger partial charge on any atom is -0.493 e. The van der Waals surface area contributed by atoms with Gasteiger partial charge in [0.25, 0.3) is 0 Å². The topological polar surface area (TPSA) is 72.6 Å². The van der Waals surface area contributed by atoms with Gasteiger partial charge in [-0.2, -0.15) is 13.2 Å². The van der Waals surface area contributed by atoms with Crippen molar-refractivity contribution in [2.24, 2.45) is 0 Å². The number of alkyl halides is 3. The molecule has 0 saturated heterocycles. The Kier molecular flexibility index (Phi) is 6.99. The maximum atomic E-state index is 12.7. The Morgan fingerprint density at radius 2 is 1.84 bits per heavy atom. The van der Waals surface area contributed by atoms with Crippen LogP contribution >= 0.6 is 0 Å². The highest BCUT2D eigenvalue weighted by atomic mass is 19.4. The summed E-state index contributed by atoms with van der Waals surface area (Å²) in [5.41, 5.74) is 2.41. The number of ether oxygens (including phenoxy) is 1. The fourth-order valence-electron chi connectivity index (χ4n) is 3.14. The molecular weight excluding hydrogens is 411 g/mol. The van der Waals surface area contributed by atoms with E-state index in [1.54, 1.807) is 0 Å². The van der Waals surface area contributed by atoms with E-state index in [1.807, 2.05) is 25.1 Å². The number of benzene rings is 2. The fraction of sp³-hybridized carbons (Fsp3) is 0.304. The molecule has 2 aromatic carbocycles. The van der Waals surface area contributed by atoms with Gasteiger partial charge < -0.3 is 14.3 Å². The standard InChI is InChI=1S/C23H22F3NO4/c1-2-15-13-20(9-5-16(15)6-10-21(28)29)30-12-11-19-14-31-22(27-19)17-3-7-18(8-4-17)23(24,25)26/h3-5,7-9,13-14H,2,6,10-12H2,1H3,(H,28,29). The zero-order valence-corrected chi connectivity index (χ0v) is 16.9. The number of halogens is 3. The Morgan fingerprint density at radius 1 is 1.10 bits per heavy atom. The van der Waals surface area contributed by atoms with Crippen LogP contribution in [0.25, 0.3) is 11.5 Å². The van der Waals surface area contributed by atoms with Gasteiger partial charge in [0.1, 0.15) is 12.0 Å². The van der Waals surface area contributed by atoms with Gasteiger partial charge in [0.05, 0.1) is 17.9 Å². The van der Waals surface area contributed by atoms with Crippen molar-refractivity contribution in [3.63, 3.8) is 0 Å². The summed E-state index contributed by atoms with van der Waals surface area (Å²) in [6, 6.07) is 10.2. The summed E-state index contributed by atoms with van der Waals surface area (Å²) >= 11 is 0. The molecule has 0 spiro atoms. The first-order valence-electron chi connectivity index (χ1n) is 9.84. The third kappa shape index (κ3) is 6.10. The maximum absolute atomic E-state index is 12.7. The third-order valence-electron chi connectivity index (χ3n) is 4.80. The van der Waals surface area contributed by atoms with Gasteiger partial charge in [-0.15, -0.1) is 0 Å². The molecule has 3 rings (SSSR count). The molecule has 0 bridgehead atoms. The van der Waals surface area contributed by atoms with Crippen LogP contribution in [-0.4, -0.2) is 22.7 Å². The van der Waals surface area contributed by atoms with E-state index >= 15 is 0 Å². The Hall–Kier alpha value is -3.29. The zero-order chi connectivity index (χ0) is 22.4. The van der Waals surface area contributed by atoms with E-state index < -0.39 is 17.7 Å². The molecule has 0 saturated carbocycles. The van der Waals surface area contributed by atoms with Crippen LogP contribution in [0.1, 0.15) is 35.7 Å². The molecule has 0 unspecified atom stereocenters. The minimum atomic E-state index is -4.39. The molecule has 0 atom stereocenters. The van der Waals surface area contributed by atoms with Crippen molar-refractivity contribution >= 4 is 5.97 Å². The molecule has 0 amide bonds. The van der Waals surface area contributed by atoms with Crippen LogP contribution in [-0.2, 0) is 30.2 Å². The third-order valence-corrected chi connectivity index (χ3v) is 4.80. The largest absolute Gasteiger partial charge is 0.493 e. The molecule has 5 nitrogen and oxygen atoms in total. The second-order valence-corrected chi connectivity index (χ2v) is 7.00. The Bertz CT molecular complexity index is 1030. The highest BCUT2D eigenvalue weighted by Crippen LogP contribution is 2.30. The smallest absolute Gasteiger partial charge is 0.416 e. The number of hydrogen-bond acceptors (Lipinski definition) is 4. The summed E-state index contributed by atoms with van der Waals surface area (Å²) in [5.74, 6) is 0.104. The molecule has 1 heterocycles. The van der Waals surface area contributed by atoms with Gasteiger partial charge in [0.15, 0.2) is 0 Å². The van der Waals surface area contributed by atoms with E-state index in [-0.39, 0.29) is 12.3 Å². The number of carbonyl (C=O) groups is 1. The lowest BCUT2D eigenvalue weighted by Gasteiger charge is -2.11. The number of rotatable bonds is 9. The molecule has 164 valence electrons. The van der Waals surface area contributed by atoms with Crippen molar-refractivity contribution in [1.82, 2.24) is 4.98 Å². The van der Waals surface area contributed by atoms with Gasteiger partial charge >= 0.3 is 12.1 Å². The fourth-order valence-corrected chi connectivity index (χ4v) is 3.14. The summed E-state index contributed by atoms with van der Waals surface area (Å²) < 4.78 is 49.2. The average Bonchev–Trinajstić information content (AvgIpc) is 3.21. The highest BCUT2D eigenvalue weighted by molar-refractivity contribution is 5.67. The van der Waals surface area contributed by atoms with Gasteiger partial charge in [-0.3, -0.25) is 4.79 Å². The van der Waals surface area contributed by atoms with Crippen molar-refractivity contribution in [2.75, 3.05) is 6.61 Å². The minimum absolute atomic E-state index is 0.0840. The highest BCUT2D eigenvalue weighted by Gasteiger charge is 2.30. The summed E-state index contributed by atoms with van der Waals surface area (Å²) in [6.07, 6.45) is -1.13. The molecule has 0 aliphatic carbocycles. The number of carboxylic acids is 1. The lowest BCUT2D eigenvalue weighted by Crippen LogP contribution is -2.04. The Morgan fingerprint density at radius 3 is 2.48 bits per heavy atom. The number of aryl methyl sites for hydroxylation is 2. The van der Waals surface area contributed by atoms with Crippen molar-refractivity contribution in [2.45, 2.75) is 38.8 Å². The van der Waals surface area contributed by atoms with Gasteiger partial charge in [-0.1, -0.05) is 13.0 Å². The number of nitrogens with zero attached hydrogens (tertiary/aromatic N) is 1. The van der Waals surface area contributed by atoms with Crippen molar-refractivity contribution < 1.29 is 32.2 Å². The lowest BCUT2D eigenvalue weighted by atomic mass is 10.0. The first-order valence-corrected chi connectivity index (χ1v) is 9.84. The second kappa shape index (κ2) is 9.68. The molecule has 31 heavy (non-hydrogen) atoms. The summed E-state index contributed by atoms with van der Waals surface area (Å²) in [4.78, 5) is 15.1. The zero-order valence-electron chi connectivity index (χ0n) is 16.9. The maximum Gasteiger partial charge on any atom is 0.416 e. The van der Waals surface area contributed by atoms with Crippen molar-refractivity contribution in [3.05, 3.63) is 71.1 Å². The molecule has 0 aliphatic rings. The quantitative estimate of drug-likeness (QED) is 0.478. The van der Waals surface area contributed by atoms with Crippen LogP contribution in [0.15, 0.2) is 53.1 Å². The van der Waals surface area contributed by atoms with E-state index in [1.165, 1.54) is 18.4 Å². The number of aromatic nitrogens is 1. The van der Waals surface area contributed by atoms with Crippen LogP contribution in [0.3, 0.4) is 0 Å². The Labute approximate surface area is 177 Å². The molecule has 3 aromatic rings. The molecule has 1 aromatic heterocycles. The SMILES string of the molecule is CCc1cc(OCCc2coc(-c3ccc(C(F)(F)F)cc3)n2)ccc1CCC(=O)O.